The first kappa shape index (κ1) is 15.6. The predicted octanol–water partition coefficient (Wildman–Crippen LogP) is 4.08. The second-order valence-corrected chi connectivity index (χ2v) is 6.31. The maximum atomic E-state index is 6.17. The number of anilines is 2. The second kappa shape index (κ2) is 6.31. The second-order valence-electron chi connectivity index (χ2n) is 5.91. The van der Waals surface area contributed by atoms with Crippen LogP contribution < -0.4 is 10.6 Å². The molecule has 4 nitrogen and oxygen atoms in total. The molecule has 0 bridgehead atoms. The van der Waals surface area contributed by atoms with Gasteiger partial charge in [0.2, 0.25) is 0 Å². The Hall–Kier alpha value is -1.81. The molecule has 2 aromatic rings. The van der Waals surface area contributed by atoms with Crippen LogP contribution in [-0.4, -0.2) is 17.0 Å². The highest BCUT2D eigenvalue weighted by molar-refractivity contribution is 6.31. The Bertz CT molecular complexity index is 620. The number of halogens is 1. The number of nitrogens with one attached hydrogen (secondary N) is 2. The van der Waals surface area contributed by atoms with Crippen molar-refractivity contribution in [1.29, 1.82) is 0 Å². The van der Waals surface area contributed by atoms with Crippen molar-refractivity contribution in [3.63, 3.8) is 0 Å². The van der Waals surface area contributed by atoms with E-state index in [1.54, 1.807) is 0 Å². The Morgan fingerprint density at radius 2 is 1.76 bits per heavy atom. The zero-order valence-corrected chi connectivity index (χ0v) is 13.6. The van der Waals surface area contributed by atoms with Crippen LogP contribution >= 0.6 is 11.6 Å². The normalized spacial score (nSPS) is 11.3. The van der Waals surface area contributed by atoms with E-state index in [2.05, 4.69) is 41.4 Å². The third-order valence-electron chi connectivity index (χ3n) is 3.07. The molecular weight excluding hydrogens is 284 g/mol. The summed E-state index contributed by atoms with van der Waals surface area (Å²) in [6.07, 6.45) is 0. The van der Waals surface area contributed by atoms with E-state index in [1.807, 2.05) is 37.4 Å². The highest BCUT2D eigenvalue weighted by Crippen LogP contribution is 2.23. The molecule has 0 spiro atoms. The van der Waals surface area contributed by atoms with Gasteiger partial charge in [0.25, 0.3) is 0 Å². The molecule has 0 aliphatic carbocycles. The molecule has 1 aromatic heterocycles. The largest absolute Gasteiger partial charge is 0.373 e. The summed E-state index contributed by atoms with van der Waals surface area (Å²) < 4.78 is 0. The third kappa shape index (κ3) is 4.08. The lowest BCUT2D eigenvalue weighted by molar-refractivity contribution is 0.546. The average Bonchev–Trinajstić information content (AvgIpc) is 2.45. The molecule has 1 aromatic carbocycles. The van der Waals surface area contributed by atoms with E-state index >= 15 is 0 Å². The van der Waals surface area contributed by atoms with E-state index in [9.17, 15) is 0 Å². The molecule has 21 heavy (non-hydrogen) atoms. The van der Waals surface area contributed by atoms with Crippen LogP contribution in [0.4, 0.5) is 11.6 Å². The summed E-state index contributed by atoms with van der Waals surface area (Å²) >= 11 is 6.17. The number of benzene rings is 1. The van der Waals surface area contributed by atoms with Crippen LogP contribution in [0.3, 0.4) is 0 Å². The lowest BCUT2D eigenvalue weighted by Crippen LogP contribution is -2.18. The van der Waals surface area contributed by atoms with Gasteiger partial charge in [-0.3, -0.25) is 0 Å². The topological polar surface area (TPSA) is 49.8 Å². The van der Waals surface area contributed by atoms with Crippen LogP contribution in [0.25, 0.3) is 0 Å². The van der Waals surface area contributed by atoms with Crippen LogP contribution in [0.15, 0.2) is 30.3 Å². The first-order chi connectivity index (χ1) is 9.90. The summed E-state index contributed by atoms with van der Waals surface area (Å²) in [7, 11) is 1.85. The fraction of sp³-hybridized carbons (Fsp3) is 0.375. The van der Waals surface area contributed by atoms with Crippen molar-refractivity contribution in [2.45, 2.75) is 32.7 Å². The highest BCUT2D eigenvalue weighted by atomic mass is 35.5. The summed E-state index contributed by atoms with van der Waals surface area (Å²) in [5.74, 6) is 2.40. The fourth-order valence-electron chi connectivity index (χ4n) is 1.83. The zero-order chi connectivity index (χ0) is 15.5. The van der Waals surface area contributed by atoms with Crippen LogP contribution in [0, 0.1) is 0 Å². The van der Waals surface area contributed by atoms with Gasteiger partial charge in [-0.1, -0.05) is 50.6 Å². The van der Waals surface area contributed by atoms with Gasteiger partial charge >= 0.3 is 0 Å². The summed E-state index contributed by atoms with van der Waals surface area (Å²) in [5, 5.41) is 7.14. The van der Waals surface area contributed by atoms with Gasteiger partial charge in [-0.2, -0.15) is 0 Å². The first-order valence-corrected chi connectivity index (χ1v) is 7.32. The fourth-order valence-corrected chi connectivity index (χ4v) is 2.03. The standard InChI is InChI=1S/C16H21ClN4/c1-16(2,3)15-20-13(18-4)9-14(21-15)19-10-11-7-5-6-8-12(11)17/h5-9H,10H2,1-4H3,(H2,18,19,20,21). The van der Waals surface area contributed by atoms with Gasteiger partial charge in [-0.25, -0.2) is 9.97 Å². The Morgan fingerprint density at radius 1 is 1.10 bits per heavy atom. The van der Waals surface area contributed by atoms with Gasteiger partial charge in [0.1, 0.15) is 17.5 Å². The number of hydrogen-bond acceptors (Lipinski definition) is 4. The average molecular weight is 305 g/mol. The Balaban J connectivity index is 2.22. The van der Waals surface area contributed by atoms with Crippen molar-refractivity contribution in [3.05, 3.63) is 46.7 Å². The van der Waals surface area contributed by atoms with E-state index in [1.165, 1.54) is 0 Å². The third-order valence-corrected chi connectivity index (χ3v) is 3.44. The molecule has 0 unspecified atom stereocenters. The first-order valence-electron chi connectivity index (χ1n) is 6.95. The van der Waals surface area contributed by atoms with Gasteiger partial charge in [0.15, 0.2) is 0 Å². The molecule has 112 valence electrons. The SMILES string of the molecule is CNc1cc(NCc2ccccc2Cl)nc(C(C)(C)C)n1. The highest BCUT2D eigenvalue weighted by Gasteiger charge is 2.19. The van der Waals surface area contributed by atoms with Crippen LogP contribution in [0.2, 0.25) is 5.02 Å². The lowest BCUT2D eigenvalue weighted by atomic mass is 9.96. The summed E-state index contributed by atoms with van der Waals surface area (Å²) in [6, 6.07) is 9.68. The predicted molar refractivity (Wildman–Crippen MR) is 89.1 cm³/mol. The summed E-state index contributed by atoms with van der Waals surface area (Å²) in [4.78, 5) is 9.10. The molecule has 1 heterocycles. The Kier molecular flexibility index (Phi) is 4.68. The van der Waals surface area contributed by atoms with E-state index < -0.39 is 0 Å². The van der Waals surface area contributed by atoms with Crippen molar-refractivity contribution in [1.82, 2.24) is 9.97 Å². The van der Waals surface area contributed by atoms with Crippen LogP contribution in [0.1, 0.15) is 32.2 Å². The molecule has 2 rings (SSSR count). The molecule has 5 heteroatoms. The molecular formula is C16H21ClN4. The van der Waals surface area contributed by atoms with E-state index in [-0.39, 0.29) is 5.41 Å². The quantitative estimate of drug-likeness (QED) is 0.893. The van der Waals surface area contributed by atoms with Crippen molar-refractivity contribution >= 4 is 23.2 Å². The van der Waals surface area contributed by atoms with Crippen LogP contribution in [-0.2, 0) is 12.0 Å². The minimum atomic E-state index is -0.103. The molecule has 0 amide bonds. The summed E-state index contributed by atoms with van der Waals surface area (Å²) in [5.41, 5.74) is 0.939. The van der Waals surface area contributed by atoms with Crippen LogP contribution in [0.5, 0.6) is 0 Å². The Labute approximate surface area is 131 Å². The van der Waals surface area contributed by atoms with Gasteiger partial charge in [-0.05, 0) is 11.6 Å². The summed E-state index contributed by atoms with van der Waals surface area (Å²) in [6.45, 7) is 6.92. The molecule has 0 aliphatic rings. The number of rotatable bonds is 4. The number of nitrogens with zero attached hydrogens (tertiary/aromatic N) is 2. The van der Waals surface area contributed by atoms with Gasteiger partial charge in [0.05, 0.1) is 0 Å². The molecule has 0 radical (unpaired) electrons. The molecule has 2 N–H and O–H groups in total. The van der Waals surface area contributed by atoms with Gasteiger partial charge in [-0.15, -0.1) is 0 Å². The number of aromatic nitrogens is 2. The van der Waals surface area contributed by atoms with Gasteiger partial charge in [0, 0.05) is 30.1 Å². The molecule has 0 saturated heterocycles. The maximum absolute atomic E-state index is 6.17. The molecule has 0 fully saturated rings. The monoisotopic (exact) mass is 304 g/mol. The van der Waals surface area contributed by atoms with Crippen molar-refractivity contribution in [2.75, 3.05) is 17.7 Å². The smallest absolute Gasteiger partial charge is 0.138 e. The zero-order valence-electron chi connectivity index (χ0n) is 12.9. The Morgan fingerprint density at radius 3 is 2.38 bits per heavy atom. The minimum Gasteiger partial charge on any atom is -0.373 e. The van der Waals surface area contributed by atoms with Crippen molar-refractivity contribution in [3.8, 4) is 0 Å². The van der Waals surface area contributed by atoms with Crippen molar-refractivity contribution in [2.24, 2.45) is 0 Å². The molecule has 0 aliphatic heterocycles. The number of hydrogen-bond donors (Lipinski definition) is 2. The van der Waals surface area contributed by atoms with E-state index in [4.69, 9.17) is 11.6 Å². The molecule has 0 saturated carbocycles. The maximum Gasteiger partial charge on any atom is 0.138 e. The van der Waals surface area contributed by atoms with E-state index in [0.717, 1.165) is 28.0 Å². The molecule has 0 atom stereocenters. The lowest BCUT2D eigenvalue weighted by Gasteiger charge is -2.19. The van der Waals surface area contributed by atoms with Crippen molar-refractivity contribution < 1.29 is 0 Å². The van der Waals surface area contributed by atoms with E-state index in [0.29, 0.717) is 6.54 Å². The van der Waals surface area contributed by atoms with Gasteiger partial charge < -0.3 is 10.6 Å². The minimum absolute atomic E-state index is 0.103.